The Bertz CT molecular complexity index is 1120. The number of carbonyl (C=O) groups excluding carboxylic acids is 3. The van der Waals surface area contributed by atoms with Crippen LogP contribution in [0.15, 0.2) is 84.6 Å². The molecule has 3 rings (SSSR count). The van der Waals surface area contributed by atoms with Crippen LogP contribution in [0.4, 0.5) is 5.69 Å². The van der Waals surface area contributed by atoms with E-state index in [0.717, 1.165) is 0 Å². The molecule has 0 aliphatic carbocycles. The Morgan fingerprint density at radius 3 is 2.20 bits per heavy atom. The van der Waals surface area contributed by atoms with Gasteiger partial charge in [0.2, 0.25) is 0 Å². The van der Waals surface area contributed by atoms with Crippen molar-refractivity contribution in [3.8, 4) is 0 Å². The lowest BCUT2D eigenvalue weighted by Gasteiger charge is -2.12. The van der Waals surface area contributed by atoms with Gasteiger partial charge in [-0.15, -0.1) is 0 Å². The molecule has 0 saturated carbocycles. The van der Waals surface area contributed by atoms with Crippen molar-refractivity contribution < 1.29 is 14.4 Å². The third kappa shape index (κ3) is 5.43. The highest BCUT2D eigenvalue weighted by Crippen LogP contribution is 2.19. The van der Waals surface area contributed by atoms with Crippen molar-refractivity contribution >= 4 is 41.0 Å². The maximum absolute atomic E-state index is 13.0. The average Bonchev–Trinajstić information content (AvgIpc) is 2.75. The Labute approximate surface area is 179 Å². The van der Waals surface area contributed by atoms with Crippen LogP contribution in [0.5, 0.6) is 0 Å². The minimum atomic E-state index is -0.542. The second kappa shape index (κ2) is 9.67. The van der Waals surface area contributed by atoms with Gasteiger partial charge in [0.05, 0.1) is 0 Å². The van der Waals surface area contributed by atoms with Gasteiger partial charge in [0.25, 0.3) is 11.8 Å². The van der Waals surface area contributed by atoms with Crippen molar-refractivity contribution in [1.82, 2.24) is 5.32 Å². The summed E-state index contributed by atoms with van der Waals surface area (Å²) in [6.07, 6.45) is 1.51. The number of amides is 2. The van der Waals surface area contributed by atoms with Gasteiger partial charge in [-0.1, -0.05) is 60.1 Å². The number of hydrogen-bond donors (Lipinski definition) is 2. The fourth-order valence-corrected chi connectivity index (χ4v) is 2.89. The van der Waals surface area contributed by atoms with E-state index < -0.39 is 11.8 Å². The summed E-state index contributed by atoms with van der Waals surface area (Å²) in [5, 5.41) is 5.81. The van der Waals surface area contributed by atoms with Gasteiger partial charge < -0.3 is 10.6 Å². The summed E-state index contributed by atoms with van der Waals surface area (Å²) in [4.78, 5) is 37.2. The summed E-state index contributed by atoms with van der Waals surface area (Å²) < 4.78 is 0. The Morgan fingerprint density at radius 1 is 0.833 bits per heavy atom. The molecular weight excluding hydrogens is 400 g/mol. The van der Waals surface area contributed by atoms with Crippen LogP contribution in [0.1, 0.15) is 33.2 Å². The summed E-state index contributed by atoms with van der Waals surface area (Å²) in [6.45, 7) is 1.45. The minimum Gasteiger partial charge on any atom is -0.321 e. The normalized spacial score (nSPS) is 10.9. The topological polar surface area (TPSA) is 75.3 Å². The average molecular weight is 419 g/mol. The highest BCUT2D eigenvalue weighted by atomic mass is 35.5. The molecule has 0 radical (unpaired) electrons. The largest absolute Gasteiger partial charge is 0.321 e. The van der Waals surface area contributed by atoms with Crippen molar-refractivity contribution in [2.24, 2.45) is 0 Å². The monoisotopic (exact) mass is 418 g/mol. The molecule has 150 valence electrons. The molecule has 0 bridgehead atoms. The third-order valence-corrected chi connectivity index (χ3v) is 4.61. The molecule has 0 aliphatic heterocycles. The van der Waals surface area contributed by atoms with Crippen molar-refractivity contribution in [2.75, 3.05) is 5.32 Å². The van der Waals surface area contributed by atoms with Crippen molar-refractivity contribution in [3.63, 3.8) is 0 Å². The first kappa shape index (κ1) is 21.0. The first-order chi connectivity index (χ1) is 14.4. The maximum atomic E-state index is 13.0. The summed E-state index contributed by atoms with van der Waals surface area (Å²) >= 11 is 6.22. The Balaban J connectivity index is 1.91. The highest BCUT2D eigenvalue weighted by molar-refractivity contribution is 6.32. The van der Waals surface area contributed by atoms with Crippen LogP contribution in [0.2, 0.25) is 5.02 Å². The van der Waals surface area contributed by atoms with Crippen LogP contribution >= 0.6 is 11.6 Å². The highest BCUT2D eigenvalue weighted by Gasteiger charge is 2.16. The van der Waals surface area contributed by atoms with E-state index in [1.165, 1.54) is 13.0 Å². The van der Waals surface area contributed by atoms with E-state index in [9.17, 15) is 14.4 Å². The van der Waals surface area contributed by atoms with Crippen LogP contribution in [-0.2, 0) is 4.79 Å². The molecule has 0 aliphatic rings. The summed E-state index contributed by atoms with van der Waals surface area (Å²) in [5.74, 6) is -1.09. The fraction of sp³-hybridized carbons (Fsp3) is 0.0417. The second-order valence-electron chi connectivity index (χ2n) is 6.49. The number of benzene rings is 3. The molecule has 0 heterocycles. The number of hydrogen-bond acceptors (Lipinski definition) is 3. The van der Waals surface area contributed by atoms with Crippen LogP contribution in [0.3, 0.4) is 0 Å². The molecule has 0 fully saturated rings. The molecule has 0 saturated heterocycles. The van der Waals surface area contributed by atoms with E-state index in [4.69, 9.17) is 11.6 Å². The molecule has 30 heavy (non-hydrogen) atoms. The summed E-state index contributed by atoms with van der Waals surface area (Å²) in [6, 6.07) is 22.1. The number of halogens is 1. The van der Waals surface area contributed by atoms with Crippen LogP contribution in [-0.4, -0.2) is 17.6 Å². The molecular formula is C24H19ClN2O3. The van der Waals surface area contributed by atoms with Gasteiger partial charge >= 0.3 is 0 Å². The first-order valence-corrected chi connectivity index (χ1v) is 9.57. The van der Waals surface area contributed by atoms with Crippen molar-refractivity contribution in [2.45, 2.75) is 6.92 Å². The minimum absolute atomic E-state index is 0.0187. The number of nitrogens with one attached hydrogen (secondary N) is 2. The molecule has 2 N–H and O–H groups in total. The van der Waals surface area contributed by atoms with Gasteiger partial charge in [-0.3, -0.25) is 14.4 Å². The summed E-state index contributed by atoms with van der Waals surface area (Å²) in [5.41, 5.74) is 1.92. The maximum Gasteiger partial charge on any atom is 0.272 e. The lowest BCUT2D eigenvalue weighted by Crippen LogP contribution is -2.30. The number of anilines is 1. The van der Waals surface area contributed by atoms with Gasteiger partial charge in [0.15, 0.2) is 5.78 Å². The van der Waals surface area contributed by atoms with Crippen molar-refractivity contribution in [3.05, 3.63) is 106 Å². The SMILES string of the molecule is CC(=O)c1cccc(NC(=O)C(=Cc2ccccc2Cl)NC(=O)c2ccccc2)c1. The van der Waals surface area contributed by atoms with Crippen molar-refractivity contribution in [1.29, 1.82) is 0 Å². The standard InChI is InChI=1S/C24H19ClN2O3/c1-16(28)18-11-7-12-20(14-18)26-24(30)22(15-19-10-5-6-13-21(19)25)27-23(29)17-8-3-2-4-9-17/h2-15H,1H3,(H,26,30)(H,27,29). The molecule has 0 unspecified atom stereocenters. The van der Waals surface area contributed by atoms with Crippen LogP contribution in [0, 0.1) is 0 Å². The predicted molar refractivity (Wildman–Crippen MR) is 118 cm³/mol. The fourth-order valence-electron chi connectivity index (χ4n) is 2.70. The molecule has 3 aromatic carbocycles. The van der Waals surface area contributed by atoms with Gasteiger partial charge in [-0.05, 0) is 48.9 Å². The number of Topliss-reactive ketones (excluding diaryl/α,β-unsaturated/α-hetero) is 1. The first-order valence-electron chi connectivity index (χ1n) is 9.19. The summed E-state index contributed by atoms with van der Waals surface area (Å²) in [7, 11) is 0. The molecule has 0 spiro atoms. The molecule has 2 amide bonds. The second-order valence-corrected chi connectivity index (χ2v) is 6.90. The number of ketones is 1. The Morgan fingerprint density at radius 2 is 1.50 bits per heavy atom. The van der Waals surface area contributed by atoms with Gasteiger partial charge in [0.1, 0.15) is 5.70 Å². The zero-order valence-electron chi connectivity index (χ0n) is 16.2. The number of carbonyl (C=O) groups is 3. The van der Waals surface area contributed by atoms with E-state index in [0.29, 0.717) is 27.4 Å². The van der Waals surface area contributed by atoms with E-state index >= 15 is 0 Å². The molecule has 5 nitrogen and oxygen atoms in total. The van der Waals surface area contributed by atoms with Crippen LogP contribution < -0.4 is 10.6 Å². The zero-order chi connectivity index (χ0) is 21.5. The van der Waals surface area contributed by atoms with Gasteiger partial charge in [0, 0.05) is 21.8 Å². The third-order valence-electron chi connectivity index (χ3n) is 4.26. The quantitative estimate of drug-likeness (QED) is 0.439. The Kier molecular flexibility index (Phi) is 6.78. The molecule has 0 aromatic heterocycles. The predicted octanol–water partition coefficient (Wildman–Crippen LogP) is 4.95. The lowest BCUT2D eigenvalue weighted by atomic mass is 10.1. The molecule has 6 heteroatoms. The van der Waals surface area contributed by atoms with Crippen LogP contribution in [0.25, 0.3) is 6.08 Å². The number of rotatable bonds is 6. The van der Waals surface area contributed by atoms with E-state index in [2.05, 4.69) is 10.6 Å². The van der Waals surface area contributed by atoms with Gasteiger partial charge in [-0.25, -0.2) is 0 Å². The molecule has 0 atom stereocenters. The zero-order valence-corrected chi connectivity index (χ0v) is 16.9. The molecule has 3 aromatic rings. The van der Waals surface area contributed by atoms with Gasteiger partial charge in [-0.2, -0.15) is 0 Å². The Hall–Kier alpha value is -3.70. The van der Waals surface area contributed by atoms with E-state index in [1.54, 1.807) is 78.9 Å². The van der Waals surface area contributed by atoms with E-state index in [1.807, 2.05) is 0 Å². The van der Waals surface area contributed by atoms with E-state index in [-0.39, 0.29) is 11.5 Å². The lowest BCUT2D eigenvalue weighted by molar-refractivity contribution is -0.113. The smallest absolute Gasteiger partial charge is 0.272 e.